The number of nitrogens with zero attached hydrogens (tertiary/aromatic N) is 2. The Balaban J connectivity index is 1.97. The second kappa shape index (κ2) is 6.19. The highest BCUT2D eigenvalue weighted by Gasteiger charge is 2.19. The van der Waals surface area contributed by atoms with Gasteiger partial charge in [-0.25, -0.2) is 9.97 Å². The molecule has 1 aromatic heterocycles. The van der Waals surface area contributed by atoms with E-state index < -0.39 is 0 Å². The number of nitrogens with two attached hydrogens (primary N) is 1. The molecule has 1 aliphatic carbocycles. The minimum atomic E-state index is -0.0978. The molecule has 0 aliphatic heterocycles. The molecule has 0 atom stereocenters. The Bertz CT molecular complexity index is 428. The Kier molecular flexibility index (Phi) is 4.58. The summed E-state index contributed by atoms with van der Waals surface area (Å²) in [6, 6.07) is 0. The van der Waals surface area contributed by atoms with Gasteiger partial charge < -0.3 is 16.2 Å². The first-order chi connectivity index (χ1) is 9.10. The fraction of sp³-hybridized carbons (Fsp3) is 0.714. The van der Waals surface area contributed by atoms with Crippen molar-refractivity contribution in [2.24, 2.45) is 5.92 Å². The van der Waals surface area contributed by atoms with Crippen LogP contribution in [0.25, 0.3) is 0 Å². The number of hydrogen-bond donors (Lipinski definition) is 3. The molecule has 19 heavy (non-hydrogen) atoms. The van der Waals surface area contributed by atoms with E-state index in [0.29, 0.717) is 11.7 Å². The SMILES string of the molecule is CCc1nc(N)c(C)c(NCC2CCC(O)CC2)n1. The molecule has 5 heteroatoms. The van der Waals surface area contributed by atoms with Crippen molar-refractivity contribution < 1.29 is 5.11 Å². The summed E-state index contributed by atoms with van der Waals surface area (Å²) < 4.78 is 0. The summed E-state index contributed by atoms with van der Waals surface area (Å²) in [7, 11) is 0. The molecule has 0 saturated heterocycles. The molecule has 0 bridgehead atoms. The molecular weight excluding hydrogens is 240 g/mol. The van der Waals surface area contributed by atoms with Gasteiger partial charge in [-0.15, -0.1) is 0 Å². The van der Waals surface area contributed by atoms with Gasteiger partial charge in [-0.1, -0.05) is 6.92 Å². The molecule has 1 saturated carbocycles. The van der Waals surface area contributed by atoms with Gasteiger partial charge in [0.25, 0.3) is 0 Å². The van der Waals surface area contributed by atoms with E-state index in [1.807, 2.05) is 13.8 Å². The van der Waals surface area contributed by atoms with Gasteiger partial charge in [0.1, 0.15) is 17.5 Å². The van der Waals surface area contributed by atoms with E-state index in [4.69, 9.17) is 5.73 Å². The Morgan fingerprint density at radius 2 is 1.95 bits per heavy atom. The summed E-state index contributed by atoms with van der Waals surface area (Å²) in [5.74, 6) is 2.82. The molecule has 0 radical (unpaired) electrons. The van der Waals surface area contributed by atoms with Crippen LogP contribution < -0.4 is 11.1 Å². The predicted molar refractivity (Wildman–Crippen MR) is 77.0 cm³/mol. The molecular formula is C14H24N4O. The zero-order valence-electron chi connectivity index (χ0n) is 11.8. The maximum absolute atomic E-state index is 9.50. The molecule has 1 aromatic rings. The topological polar surface area (TPSA) is 84.1 Å². The van der Waals surface area contributed by atoms with Gasteiger partial charge in [0.2, 0.25) is 0 Å². The van der Waals surface area contributed by atoms with Crippen LogP contribution in [0.15, 0.2) is 0 Å². The molecule has 0 aromatic carbocycles. The number of nitrogens with one attached hydrogen (secondary N) is 1. The number of aliphatic hydroxyl groups excluding tert-OH is 1. The highest BCUT2D eigenvalue weighted by Crippen LogP contribution is 2.25. The van der Waals surface area contributed by atoms with Gasteiger partial charge in [-0.2, -0.15) is 0 Å². The second-order valence-corrected chi connectivity index (χ2v) is 5.41. The van der Waals surface area contributed by atoms with Crippen LogP contribution in [0.3, 0.4) is 0 Å². The first-order valence-electron chi connectivity index (χ1n) is 7.15. The molecule has 2 rings (SSSR count). The number of anilines is 2. The third-order valence-electron chi connectivity index (χ3n) is 3.92. The number of aromatic nitrogens is 2. The molecule has 1 aliphatic rings. The first-order valence-corrected chi connectivity index (χ1v) is 7.15. The van der Waals surface area contributed by atoms with Crippen LogP contribution in [-0.4, -0.2) is 27.7 Å². The average Bonchev–Trinajstić information content (AvgIpc) is 2.42. The zero-order valence-corrected chi connectivity index (χ0v) is 11.8. The number of aliphatic hydroxyl groups is 1. The van der Waals surface area contributed by atoms with E-state index in [-0.39, 0.29) is 6.10 Å². The lowest BCUT2D eigenvalue weighted by Crippen LogP contribution is -2.24. The Morgan fingerprint density at radius 1 is 1.26 bits per heavy atom. The highest BCUT2D eigenvalue weighted by molar-refractivity contribution is 5.54. The molecule has 0 unspecified atom stereocenters. The van der Waals surface area contributed by atoms with E-state index in [2.05, 4.69) is 15.3 Å². The maximum Gasteiger partial charge on any atom is 0.134 e. The minimum absolute atomic E-state index is 0.0978. The van der Waals surface area contributed by atoms with Gasteiger partial charge in [0.15, 0.2) is 0 Å². The lowest BCUT2D eigenvalue weighted by atomic mass is 9.87. The molecule has 0 spiro atoms. The summed E-state index contributed by atoms with van der Waals surface area (Å²) in [4.78, 5) is 8.75. The van der Waals surface area contributed by atoms with Crippen molar-refractivity contribution in [3.63, 3.8) is 0 Å². The zero-order chi connectivity index (χ0) is 13.8. The van der Waals surface area contributed by atoms with E-state index in [0.717, 1.165) is 55.9 Å². The Morgan fingerprint density at radius 3 is 2.58 bits per heavy atom. The van der Waals surface area contributed by atoms with E-state index in [1.165, 1.54) is 0 Å². The fourth-order valence-electron chi connectivity index (χ4n) is 2.50. The normalized spacial score (nSPS) is 23.3. The fourth-order valence-corrected chi connectivity index (χ4v) is 2.50. The van der Waals surface area contributed by atoms with E-state index in [1.54, 1.807) is 0 Å². The van der Waals surface area contributed by atoms with Gasteiger partial charge in [0, 0.05) is 18.5 Å². The highest BCUT2D eigenvalue weighted by atomic mass is 16.3. The summed E-state index contributed by atoms with van der Waals surface area (Å²) >= 11 is 0. The van der Waals surface area contributed by atoms with Crippen molar-refractivity contribution in [2.75, 3.05) is 17.6 Å². The predicted octanol–water partition coefficient (Wildman–Crippen LogP) is 1.89. The van der Waals surface area contributed by atoms with E-state index in [9.17, 15) is 5.11 Å². The summed E-state index contributed by atoms with van der Waals surface area (Å²) in [6.45, 7) is 4.87. The second-order valence-electron chi connectivity index (χ2n) is 5.41. The molecule has 0 amide bonds. The minimum Gasteiger partial charge on any atom is -0.393 e. The average molecular weight is 264 g/mol. The summed E-state index contributed by atoms with van der Waals surface area (Å²) in [5, 5.41) is 12.9. The van der Waals surface area contributed by atoms with Gasteiger partial charge in [0.05, 0.1) is 6.10 Å². The van der Waals surface area contributed by atoms with Crippen LogP contribution in [0, 0.1) is 12.8 Å². The van der Waals surface area contributed by atoms with Crippen molar-refractivity contribution in [3.05, 3.63) is 11.4 Å². The molecule has 106 valence electrons. The Labute approximate surface area is 114 Å². The monoisotopic (exact) mass is 264 g/mol. The molecule has 4 N–H and O–H groups in total. The van der Waals surface area contributed by atoms with Crippen LogP contribution in [0.2, 0.25) is 0 Å². The lowest BCUT2D eigenvalue weighted by Gasteiger charge is -2.26. The summed E-state index contributed by atoms with van der Waals surface area (Å²) in [5.41, 5.74) is 6.82. The van der Waals surface area contributed by atoms with Crippen LogP contribution in [-0.2, 0) is 6.42 Å². The number of hydrogen-bond acceptors (Lipinski definition) is 5. The molecule has 1 fully saturated rings. The quantitative estimate of drug-likeness (QED) is 0.773. The van der Waals surface area contributed by atoms with Gasteiger partial charge in [-0.05, 0) is 38.5 Å². The smallest absolute Gasteiger partial charge is 0.134 e. The van der Waals surface area contributed by atoms with Crippen molar-refractivity contribution in [1.82, 2.24) is 9.97 Å². The third kappa shape index (κ3) is 3.56. The Hall–Kier alpha value is -1.36. The van der Waals surface area contributed by atoms with Crippen LogP contribution >= 0.6 is 0 Å². The number of rotatable bonds is 4. The van der Waals surface area contributed by atoms with Crippen LogP contribution in [0.4, 0.5) is 11.6 Å². The number of aryl methyl sites for hydroxylation is 1. The van der Waals surface area contributed by atoms with Gasteiger partial charge in [-0.3, -0.25) is 0 Å². The van der Waals surface area contributed by atoms with Crippen LogP contribution in [0.1, 0.15) is 44.0 Å². The van der Waals surface area contributed by atoms with Crippen molar-refractivity contribution in [3.8, 4) is 0 Å². The third-order valence-corrected chi connectivity index (χ3v) is 3.92. The lowest BCUT2D eigenvalue weighted by molar-refractivity contribution is 0.111. The van der Waals surface area contributed by atoms with E-state index >= 15 is 0 Å². The maximum atomic E-state index is 9.50. The van der Waals surface area contributed by atoms with Crippen molar-refractivity contribution in [1.29, 1.82) is 0 Å². The molecule has 1 heterocycles. The van der Waals surface area contributed by atoms with Crippen LogP contribution in [0.5, 0.6) is 0 Å². The standard InChI is InChI=1S/C14H24N4O/c1-3-12-17-13(15)9(2)14(18-12)16-8-10-4-6-11(19)7-5-10/h10-11,19H,3-8H2,1-2H3,(H3,15,16,17,18). The first kappa shape index (κ1) is 14.1. The van der Waals surface area contributed by atoms with Gasteiger partial charge >= 0.3 is 0 Å². The molecule has 5 nitrogen and oxygen atoms in total. The summed E-state index contributed by atoms with van der Waals surface area (Å²) in [6.07, 6.45) is 4.67. The number of nitrogen functional groups attached to an aromatic ring is 1. The largest absolute Gasteiger partial charge is 0.393 e. The van der Waals surface area contributed by atoms with Crippen molar-refractivity contribution >= 4 is 11.6 Å². The van der Waals surface area contributed by atoms with Crippen molar-refractivity contribution in [2.45, 2.75) is 52.1 Å².